The van der Waals surface area contributed by atoms with Crippen LogP contribution in [0.5, 0.6) is 0 Å². The number of rotatable bonds is 4. The number of aryl methyl sites for hydroxylation is 1. The molecule has 1 aliphatic heterocycles. The van der Waals surface area contributed by atoms with E-state index in [1.165, 1.54) is 16.7 Å². The summed E-state index contributed by atoms with van der Waals surface area (Å²) in [5.41, 5.74) is 2.78. The highest BCUT2D eigenvalue weighted by Crippen LogP contribution is 2.26. The number of amides is 1. The second kappa shape index (κ2) is 8.12. The minimum absolute atomic E-state index is 0.168. The Hall–Kier alpha value is -4.07. The molecular formula is C25H20F2N4O2. The molecular weight excluding hydrogens is 426 g/mol. The molecule has 0 saturated carbocycles. The van der Waals surface area contributed by atoms with Gasteiger partial charge in [-0.2, -0.15) is 0 Å². The largest absolute Gasteiger partial charge is 0.331 e. The van der Waals surface area contributed by atoms with Gasteiger partial charge in [-0.15, -0.1) is 0 Å². The molecule has 1 aliphatic rings. The average molecular weight is 446 g/mol. The lowest BCUT2D eigenvalue weighted by atomic mass is 10.0. The van der Waals surface area contributed by atoms with E-state index in [2.05, 4.69) is 4.98 Å². The zero-order valence-electron chi connectivity index (χ0n) is 17.8. The predicted molar refractivity (Wildman–Crippen MR) is 119 cm³/mol. The SMILES string of the molecule is Cc1cn(-c2ccc3n(c2=O)CCN(Cc2cccc(-c4cccc(F)c4F)c2)C3=O)cn1. The van der Waals surface area contributed by atoms with Crippen LogP contribution in [-0.2, 0) is 13.1 Å². The van der Waals surface area contributed by atoms with Crippen LogP contribution in [0.15, 0.2) is 71.9 Å². The summed E-state index contributed by atoms with van der Waals surface area (Å²) in [4.78, 5) is 31.9. The van der Waals surface area contributed by atoms with Gasteiger partial charge in [0.2, 0.25) is 0 Å². The Morgan fingerprint density at radius 3 is 2.61 bits per heavy atom. The van der Waals surface area contributed by atoms with Crippen molar-refractivity contribution in [2.24, 2.45) is 0 Å². The Morgan fingerprint density at radius 2 is 1.82 bits per heavy atom. The van der Waals surface area contributed by atoms with Crippen molar-refractivity contribution >= 4 is 5.91 Å². The van der Waals surface area contributed by atoms with E-state index in [-0.39, 0.29) is 17.0 Å². The second-order valence-electron chi connectivity index (χ2n) is 8.01. The molecule has 3 heterocycles. The number of aromatic nitrogens is 3. The van der Waals surface area contributed by atoms with Crippen LogP contribution in [-0.4, -0.2) is 31.5 Å². The number of carbonyl (C=O) groups excluding carboxylic acids is 1. The van der Waals surface area contributed by atoms with Crippen LogP contribution in [0.3, 0.4) is 0 Å². The van der Waals surface area contributed by atoms with Crippen molar-refractivity contribution in [1.82, 2.24) is 19.0 Å². The van der Waals surface area contributed by atoms with Crippen LogP contribution in [0.2, 0.25) is 0 Å². The van der Waals surface area contributed by atoms with Crippen LogP contribution in [0.4, 0.5) is 8.78 Å². The van der Waals surface area contributed by atoms with Crippen molar-refractivity contribution in [2.45, 2.75) is 20.0 Å². The molecule has 0 radical (unpaired) electrons. The monoisotopic (exact) mass is 446 g/mol. The molecule has 166 valence electrons. The number of hydrogen-bond acceptors (Lipinski definition) is 3. The van der Waals surface area contributed by atoms with Crippen molar-refractivity contribution < 1.29 is 13.6 Å². The molecule has 0 fully saturated rings. The summed E-state index contributed by atoms with van der Waals surface area (Å²) in [6.07, 6.45) is 3.33. The van der Waals surface area contributed by atoms with Crippen LogP contribution < -0.4 is 5.56 Å². The van der Waals surface area contributed by atoms with Crippen LogP contribution in [0, 0.1) is 18.6 Å². The van der Waals surface area contributed by atoms with Gasteiger partial charge in [0.25, 0.3) is 11.5 Å². The smallest absolute Gasteiger partial charge is 0.275 e. The minimum atomic E-state index is -0.906. The van der Waals surface area contributed by atoms with E-state index in [1.807, 2.05) is 13.0 Å². The number of halogens is 2. The Labute approximate surface area is 188 Å². The third kappa shape index (κ3) is 3.73. The molecule has 0 bridgehead atoms. The van der Waals surface area contributed by atoms with Gasteiger partial charge in [0.05, 0.1) is 12.0 Å². The molecule has 0 N–H and O–H groups in total. The fourth-order valence-corrected chi connectivity index (χ4v) is 4.14. The maximum atomic E-state index is 14.2. The van der Waals surface area contributed by atoms with Crippen molar-refractivity contribution in [2.75, 3.05) is 6.54 Å². The number of hydrogen-bond donors (Lipinski definition) is 0. The predicted octanol–water partition coefficient (Wildman–Crippen LogP) is 3.94. The van der Waals surface area contributed by atoms with Crippen molar-refractivity contribution in [3.8, 4) is 16.8 Å². The van der Waals surface area contributed by atoms with Crippen molar-refractivity contribution in [1.29, 1.82) is 0 Å². The molecule has 1 amide bonds. The minimum Gasteiger partial charge on any atom is -0.331 e. The summed E-state index contributed by atoms with van der Waals surface area (Å²) < 4.78 is 31.0. The molecule has 0 aliphatic carbocycles. The summed E-state index contributed by atoms with van der Waals surface area (Å²) in [7, 11) is 0. The fraction of sp³-hybridized carbons (Fsp3) is 0.160. The van der Waals surface area contributed by atoms with E-state index < -0.39 is 11.6 Å². The summed E-state index contributed by atoms with van der Waals surface area (Å²) in [5, 5.41) is 0. The first-order valence-corrected chi connectivity index (χ1v) is 10.5. The third-order valence-electron chi connectivity index (χ3n) is 5.81. The maximum absolute atomic E-state index is 14.2. The number of fused-ring (bicyclic) bond motifs is 1. The Kier molecular flexibility index (Phi) is 5.12. The van der Waals surface area contributed by atoms with Gasteiger partial charge in [0.15, 0.2) is 11.6 Å². The van der Waals surface area contributed by atoms with Gasteiger partial charge in [-0.05, 0) is 42.3 Å². The lowest BCUT2D eigenvalue weighted by Gasteiger charge is -2.30. The van der Waals surface area contributed by atoms with Gasteiger partial charge < -0.3 is 14.0 Å². The van der Waals surface area contributed by atoms with Gasteiger partial charge in [-0.25, -0.2) is 13.8 Å². The van der Waals surface area contributed by atoms with E-state index in [9.17, 15) is 18.4 Å². The van der Waals surface area contributed by atoms with Crippen LogP contribution in [0.1, 0.15) is 21.7 Å². The highest BCUT2D eigenvalue weighted by molar-refractivity contribution is 5.93. The first-order valence-electron chi connectivity index (χ1n) is 10.5. The second-order valence-corrected chi connectivity index (χ2v) is 8.01. The maximum Gasteiger partial charge on any atom is 0.275 e. The molecule has 0 saturated heterocycles. The molecule has 2 aromatic carbocycles. The molecule has 6 nitrogen and oxygen atoms in total. The van der Waals surface area contributed by atoms with E-state index in [0.717, 1.165) is 17.3 Å². The Morgan fingerprint density at radius 1 is 1.00 bits per heavy atom. The lowest BCUT2D eigenvalue weighted by molar-refractivity contribution is 0.0686. The summed E-state index contributed by atoms with van der Waals surface area (Å²) in [5.74, 6) is -2.06. The number of benzene rings is 2. The van der Waals surface area contributed by atoms with Gasteiger partial charge in [0.1, 0.15) is 11.4 Å². The first kappa shape index (κ1) is 20.8. The third-order valence-corrected chi connectivity index (χ3v) is 5.81. The Balaban J connectivity index is 1.41. The highest BCUT2D eigenvalue weighted by atomic mass is 19.2. The molecule has 0 atom stereocenters. The van der Waals surface area contributed by atoms with E-state index in [0.29, 0.717) is 36.6 Å². The standard InChI is InChI=1S/C25H20F2N4O2/c1-16-13-30(15-28-16)21-8-9-22-24(32)29(10-11-31(22)25(21)33)14-17-4-2-5-18(12-17)19-6-3-7-20(26)23(19)27/h2-9,12-13,15H,10-11,14H2,1H3. The van der Waals surface area contributed by atoms with Crippen LogP contribution >= 0.6 is 0 Å². The first-order chi connectivity index (χ1) is 15.9. The number of pyridine rings is 1. The number of imidazole rings is 1. The number of nitrogens with zero attached hydrogens (tertiary/aromatic N) is 4. The van der Waals surface area contributed by atoms with E-state index >= 15 is 0 Å². The normalized spacial score (nSPS) is 13.3. The van der Waals surface area contributed by atoms with Crippen LogP contribution in [0.25, 0.3) is 16.8 Å². The molecule has 2 aromatic heterocycles. The summed E-state index contributed by atoms with van der Waals surface area (Å²) >= 11 is 0. The molecule has 4 aromatic rings. The lowest BCUT2D eigenvalue weighted by Crippen LogP contribution is -2.44. The Bertz CT molecular complexity index is 1440. The molecule has 0 spiro atoms. The van der Waals surface area contributed by atoms with Crippen molar-refractivity contribution in [3.63, 3.8) is 0 Å². The quantitative estimate of drug-likeness (QED) is 0.477. The zero-order valence-corrected chi connectivity index (χ0v) is 17.8. The zero-order chi connectivity index (χ0) is 23.1. The summed E-state index contributed by atoms with van der Waals surface area (Å²) in [6, 6.07) is 14.4. The molecule has 33 heavy (non-hydrogen) atoms. The number of carbonyl (C=O) groups is 1. The highest BCUT2D eigenvalue weighted by Gasteiger charge is 2.26. The van der Waals surface area contributed by atoms with Gasteiger partial charge >= 0.3 is 0 Å². The molecule has 0 unspecified atom stereocenters. The van der Waals surface area contributed by atoms with Gasteiger partial charge in [-0.1, -0.05) is 30.3 Å². The van der Waals surface area contributed by atoms with E-state index in [1.54, 1.807) is 52.3 Å². The molecule has 5 rings (SSSR count). The summed E-state index contributed by atoms with van der Waals surface area (Å²) in [6.45, 7) is 2.85. The average Bonchev–Trinajstić information content (AvgIpc) is 3.24. The van der Waals surface area contributed by atoms with Crippen molar-refractivity contribution in [3.05, 3.63) is 106 Å². The molecule has 8 heteroatoms. The van der Waals surface area contributed by atoms with Gasteiger partial charge in [0, 0.05) is 31.4 Å². The van der Waals surface area contributed by atoms with E-state index in [4.69, 9.17) is 0 Å². The fourth-order valence-electron chi connectivity index (χ4n) is 4.14. The topological polar surface area (TPSA) is 60.1 Å². The van der Waals surface area contributed by atoms with Gasteiger partial charge in [-0.3, -0.25) is 9.59 Å².